The summed E-state index contributed by atoms with van der Waals surface area (Å²) in [4.78, 5) is 2.31. The van der Waals surface area contributed by atoms with Gasteiger partial charge in [-0.1, -0.05) is 158 Å². The normalized spacial score (nSPS) is 11.7. The largest absolute Gasteiger partial charge is 0.455 e. The van der Waals surface area contributed by atoms with Crippen LogP contribution in [0.5, 0.6) is 0 Å². The van der Waals surface area contributed by atoms with Crippen LogP contribution in [-0.2, 0) is 0 Å². The van der Waals surface area contributed by atoms with Crippen LogP contribution in [0.4, 0.5) is 17.1 Å². The molecule has 0 saturated heterocycles. The van der Waals surface area contributed by atoms with Gasteiger partial charge in [-0.05, 0) is 92.5 Å². The minimum absolute atomic E-state index is 0.818. The third-order valence-electron chi connectivity index (χ3n) is 11.8. The average Bonchev–Trinajstić information content (AvgIpc) is 3.88. The summed E-state index contributed by atoms with van der Waals surface area (Å²) in [5, 5.41) is 9.06. The maximum Gasteiger partial charge on any atom is 0.159 e. The lowest BCUT2D eigenvalue weighted by molar-refractivity contribution is 0.669. The summed E-state index contributed by atoms with van der Waals surface area (Å²) in [6, 6.07) is 75.5. The van der Waals surface area contributed by atoms with Gasteiger partial charge < -0.3 is 13.7 Å². The Morgan fingerprint density at radius 3 is 1.71 bits per heavy atom. The monoisotopic (exact) mass is 753 g/mol. The standard InChI is InChI=1S/C56H35NO2/c1-3-13-36(14-4-1)41-33-50(38-15-5-2-6-16-38)55-51(34-41)48-23-12-24-52(56(48)59-55)57(42-28-25-40(26-29-42)45-22-11-19-37-17-7-9-20-44(37)45)43-30-32-47-49-31-27-39-18-8-10-21-46(39)54(49)58-53(47)35-43/h1-35H. The highest BCUT2D eigenvalue weighted by molar-refractivity contribution is 6.17. The van der Waals surface area contributed by atoms with E-state index in [9.17, 15) is 0 Å². The number of hydrogen-bond donors (Lipinski definition) is 0. The molecule has 10 aromatic carbocycles. The van der Waals surface area contributed by atoms with Gasteiger partial charge in [0.1, 0.15) is 16.7 Å². The lowest BCUT2D eigenvalue weighted by Crippen LogP contribution is -2.10. The Hall–Kier alpha value is -7.88. The molecule has 3 heteroatoms. The van der Waals surface area contributed by atoms with Crippen molar-refractivity contribution in [2.75, 3.05) is 4.90 Å². The van der Waals surface area contributed by atoms with Gasteiger partial charge in [-0.25, -0.2) is 0 Å². The SMILES string of the molecule is c1ccc(-c2cc(-c3ccccc3)c3oc4c(N(c5ccc(-c6cccc7ccccc67)cc5)c5ccc6c(c5)oc5c7ccccc7ccc65)cccc4c3c2)cc1. The van der Waals surface area contributed by atoms with E-state index in [1.807, 2.05) is 0 Å². The zero-order valence-corrected chi connectivity index (χ0v) is 32.0. The Morgan fingerprint density at radius 2 is 0.898 bits per heavy atom. The summed E-state index contributed by atoms with van der Waals surface area (Å²) in [5.41, 5.74) is 13.2. The number of benzene rings is 10. The third-order valence-corrected chi connectivity index (χ3v) is 11.8. The predicted octanol–water partition coefficient (Wildman–Crippen LogP) is 16.3. The van der Waals surface area contributed by atoms with Crippen LogP contribution in [0.2, 0.25) is 0 Å². The molecule has 0 aliphatic carbocycles. The van der Waals surface area contributed by atoms with Crippen LogP contribution in [0.25, 0.3) is 98.8 Å². The lowest BCUT2D eigenvalue weighted by Gasteiger charge is -2.25. The van der Waals surface area contributed by atoms with Crippen LogP contribution in [0.15, 0.2) is 221 Å². The van der Waals surface area contributed by atoms with E-state index >= 15 is 0 Å². The van der Waals surface area contributed by atoms with Crippen molar-refractivity contribution in [3.8, 4) is 33.4 Å². The van der Waals surface area contributed by atoms with E-state index in [2.05, 4.69) is 217 Å². The van der Waals surface area contributed by atoms with Crippen molar-refractivity contribution < 1.29 is 8.83 Å². The van der Waals surface area contributed by atoms with Crippen molar-refractivity contribution in [2.24, 2.45) is 0 Å². The Kier molecular flexibility index (Phi) is 7.54. The van der Waals surface area contributed by atoms with Gasteiger partial charge in [0.2, 0.25) is 0 Å². The highest BCUT2D eigenvalue weighted by Crippen LogP contribution is 2.47. The predicted molar refractivity (Wildman–Crippen MR) is 247 cm³/mol. The molecule has 0 saturated carbocycles. The minimum atomic E-state index is 0.818. The van der Waals surface area contributed by atoms with Gasteiger partial charge in [-0.2, -0.15) is 0 Å². The zero-order valence-electron chi connectivity index (χ0n) is 32.0. The molecule has 59 heavy (non-hydrogen) atoms. The van der Waals surface area contributed by atoms with E-state index in [0.717, 1.165) is 99.5 Å². The second-order valence-electron chi connectivity index (χ2n) is 15.2. The van der Waals surface area contributed by atoms with E-state index in [0.29, 0.717) is 0 Å². The molecule has 0 atom stereocenters. The van der Waals surface area contributed by atoms with Crippen molar-refractivity contribution in [1.82, 2.24) is 0 Å². The first-order chi connectivity index (χ1) is 29.2. The molecule has 0 bridgehead atoms. The summed E-state index contributed by atoms with van der Waals surface area (Å²) < 4.78 is 13.9. The van der Waals surface area contributed by atoms with Crippen molar-refractivity contribution in [3.63, 3.8) is 0 Å². The summed E-state index contributed by atoms with van der Waals surface area (Å²) in [7, 11) is 0. The number of nitrogens with zero attached hydrogens (tertiary/aromatic N) is 1. The second kappa shape index (κ2) is 13.4. The van der Waals surface area contributed by atoms with Gasteiger partial charge in [0.25, 0.3) is 0 Å². The topological polar surface area (TPSA) is 29.5 Å². The molecule has 0 aliphatic heterocycles. The molecular formula is C56H35NO2. The van der Waals surface area contributed by atoms with E-state index < -0.39 is 0 Å². The van der Waals surface area contributed by atoms with Gasteiger partial charge in [0, 0.05) is 44.2 Å². The van der Waals surface area contributed by atoms with Gasteiger partial charge >= 0.3 is 0 Å². The molecule has 0 N–H and O–H groups in total. The van der Waals surface area contributed by atoms with Gasteiger partial charge in [-0.3, -0.25) is 0 Å². The number of fused-ring (bicyclic) bond motifs is 9. The molecule has 276 valence electrons. The summed E-state index contributed by atoms with van der Waals surface area (Å²) >= 11 is 0. The fourth-order valence-corrected chi connectivity index (χ4v) is 9.02. The molecule has 0 spiro atoms. The van der Waals surface area contributed by atoms with Crippen molar-refractivity contribution in [1.29, 1.82) is 0 Å². The Bertz CT molecular complexity index is 3540. The second-order valence-corrected chi connectivity index (χ2v) is 15.2. The van der Waals surface area contributed by atoms with E-state index in [-0.39, 0.29) is 0 Å². The van der Waals surface area contributed by atoms with Crippen LogP contribution >= 0.6 is 0 Å². The number of furan rings is 2. The van der Waals surface area contributed by atoms with Crippen molar-refractivity contribution in [3.05, 3.63) is 212 Å². The molecule has 3 nitrogen and oxygen atoms in total. The van der Waals surface area contributed by atoms with Crippen LogP contribution in [0.3, 0.4) is 0 Å². The highest BCUT2D eigenvalue weighted by atomic mass is 16.3. The summed E-state index contributed by atoms with van der Waals surface area (Å²) in [6.07, 6.45) is 0. The molecule has 0 radical (unpaired) electrons. The first-order valence-electron chi connectivity index (χ1n) is 20.1. The highest BCUT2D eigenvalue weighted by Gasteiger charge is 2.23. The van der Waals surface area contributed by atoms with E-state index in [4.69, 9.17) is 8.83 Å². The first-order valence-corrected chi connectivity index (χ1v) is 20.1. The molecular weight excluding hydrogens is 719 g/mol. The summed E-state index contributed by atoms with van der Waals surface area (Å²) in [6.45, 7) is 0. The molecule has 0 unspecified atom stereocenters. The number of para-hydroxylation sites is 1. The fraction of sp³-hybridized carbons (Fsp3) is 0. The maximum atomic E-state index is 7.14. The van der Waals surface area contributed by atoms with Crippen LogP contribution < -0.4 is 4.90 Å². The minimum Gasteiger partial charge on any atom is -0.455 e. The Morgan fingerprint density at radius 1 is 0.288 bits per heavy atom. The molecule has 2 heterocycles. The molecule has 2 aromatic heterocycles. The zero-order chi connectivity index (χ0) is 38.9. The smallest absolute Gasteiger partial charge is 0.159 e. The fourth-order valence-electron chi connectivity index (χ4n) is 9.02. The van der Waals surface area contributed by atoms with Gasteiger partial charge in [-0.15, -0.1) is 0 Å². The van der Waals surface area contributed by atoms with Crippen molar-refractivity contribution in [2.45, 2.75) is 0 Å². The molecule has 0 aliphatic rings. The van der Waals surface area contributed by atoms with Crippen molar-refractivity contribution >= 4 is 82.5 Å². The number of rotatable bonds is 6. The Labute approximate surface area is 340 Å². The average molecular weight is 754 g/mol. The molecule has 0 fully saturated rings. The quantitative estimate of drug-likeness (QED) is 0.169. The molecule has 12 rings (SSSR count). The molecule has 12 aromatic rings. The van der Waals surface area contributed by atoms with E-state index in [1.165, 1.54) is 16.3 Å². The molecule has 0 amide bonds. The number of hydrogen-bond acceptors (Lipinski definition) is 3. The van der Waals surface area contributed by atoms with Crippen LogP contribution in [-0.4, -0.2) is 0 Å². The Balaban J connectivity index is 1.09. The number of anilines is 3. The van der Waals surface area contributed by atoms with Crippen LogP contribution in [0.1, 0.15) is 0 Å². The van der Waals surface area contributed by atoms with Gasteiger partial charge in [0.15, 0.2) is 5.58 Å². The summed E-state index contributed by atoms with van der Waals surface area (Å²) in [5.74, 6) is 0. The van der Waals surface area contributed by atoms with Crippen LogP contribution in [0, 0.1) is 0 Å². The first kappa shape index (κ1) is 33.3. The third kappa shape index (κ3) is 5.44. The lowest BCUT2D eigenvalue weighted by atomic mass is 9.95. The van der Waals surface area contributed by atoms with Gasteiger partial charge in [0.05, 0.1) is 11.4 Å². The maximum absolute atomic E-state index is 7.14. The van der Waals surface area contributed by atoms with E-state index in [1.54, 1.807) is 0 Å².